The fraction of sp³-hybridized carbons (Fsp3) is 0.643. The highest BCUT2D eigenvalue weighted by molar-refractivity contribution is 5.38. The number of pyridine rings is 1. The molecule has 1 atom stereocenters. The summed E-state index contributed by atoms with van der Waals surface area (Å²) in [5, 5.41) is 0. The van der Waals surface area contributed by atoms with Crippen LogP contribution in [0, 0.1) is 0 Å². The molecule has 1 saturated heterocycles. The largest absolute Gasteiger partial charge is 0.354 e. The van der Waals surface area contributed by atoms with Gasteiger partial charge in [0.2, 0.25) is 0 Å². The first kappa shape index (κ1) is 13.3. The maximum Gasteiger partial charge on any atom is 0.128 e. The molecule has 1 aromatic rings. The molecule has 1 aliphatic heterocycles. The van der Waals surface area contributed by atoms with Crippen molar-refractivity contribution in [1.29, 1.82) is 0 Å². The molecule has 1 unspecified atom stereocenters. The van der Waals surface area contributed by atoms with Crippen LogP contribution in [0.2, 0.25) is 0 Å². The molecule has 0 radical (unpaired) electrons. The fourth-order valence-corrected chi connectivity index (χ4v) is 2.69. The SMILES string of the molecule is CCC(CCN)N1CCN(c2ccccn2)CC1. The van der Waals surface area contributed by atoms with Crippen LogP contribution in [0.25, 0.3) is 0 Å². The highest BCUT2D eigenvalue weighted by Gasteiger charge is 2.22. The molecule has 1 aliphatic rings. The molecule has 2 N–H and O–H groups in total. The molecule has 4 nitrogen and oxygen atoms in total. The number of hydrogen-bond donors (Lipinski definition) is 1. The van der Waals surface area contributed by atoms with Crippen LogP contribution in [0.15, 0.2) is 24.4 Å². The predicted octanol–water partition coefficient (Wildman–Crippen LogP) is 1.33. The molecule has 0 amide bonds. The third-order valence-corrected chi connectivity index (χ3v) is 3.78. The average Bonchev–Trinajstić information content (AvgIpc) is 2.46. The average molecular weight is 248 g/mol. The summed E-state index contributed by atoms with van der Waals surface area (Å²) in [7, 11) is 0. The summed E-state index contributed by atoms with van der Waals surface area (Å²) in [6.45, 7) is 7.42. The van der Waals surface area contributed by atoms with E-state index in [1.807, 2.05) is 12.3 Å². The van der Waals surface area contributed by atoms with Crippen LogP contribution in [0.4, 0.5) is 5.82 Å². The van der Waals surface area contributed by atoms with E-state index in [0.29, 0.717) is 6.04 Å². The number of rotatable bonds is 5. The van der Waals surface area contributed by atoms with Gasteiger partial charge in [-0.05, 0) is 31.5 Å². The first-order valence-corrected chi connectivity index (χ1v) is 6.95. The quantitative estimate of drug-likeness (QED) is 0.854. The van der Waals surface area contributed by atoms with Gasteiger partial charge in [0.1, 0.15) is 5.82 Å². The van der Waals surface area contributed by atoms with E-state index in [0.717, 1.165) is 45.0 Å². The van der Waals surface area contributed by atoms with E-state index in [1.165, 1.54) is 6.42 Å². The number of anilines is 1. The van der Waals surface area contributed by atoms with Crippen molar-refractivity contribution in [2.75, 3.05) is 37.6 Å². The van der Waals surface area contributed by atoms with Gasteiger partial charge in [0, 0.05) is 38.4 Å². The molecule has 0 aromatic carbocycles. The summed E-state index contributed by atoms with van der Waals surface area (Å²) in [5.74, 6) is 1.10. The molecular formula is C14H24N4. The highest BCUT2D eigenvalue weighted by Crippen LogP contribution is 2.16. The van der Waals surface area contributed by atoms with E-state index in [2.05, 4.69) is 33.8 Å². The van der Waals surface area contributed by atoms with Crippen molar-refractivity contribution in [3.63, 3.8) is 0 Å². The van der Waals surface area contributed by atoms with Gasteiger partial charge in [-0.2, -0.15) is 0 Å². The normalized spacial score (nSPS) is 18.9. The van der Waals surface area contributed by atoms with Crippen molar-refractivity contribution in [2.45, 2.75) is 25.8 Å². The van der Waals surface area contributed by atoms with E-state index in [9.17, 15) is 0 Å². The van der Waals surface area contributed by atoms with Crippen LogP contribution in [-0.2, 0) is 0 Å². The first-order valence-electron chi connectivity index (χ1n) is 6.95. The first-order chi connectivity index (χ1) is 8.85. The highest BCUT2D eigenvalue weighted by atomic mass is 15.3. The van der Waals surface area contributed by atoms with E-state index < -0.39 is 0 Å². The Hall–Kier alpha value is -1.13. The smallest absolute Gasteiger partial charge is 0.128 e. The molecule has 4 heteroatoms. The Morgan fingerprint density at radius 1 is 1.28 bits per heavy atom. The molecule has 2 rings (SSSR count). The molecular weight excluding hydrogens is 224 g/mol. The van der Waals surface area contributed by atoms with E-state index in [4.69, 9.17) is 5.73 Å². The van der Waals surface area contributed by atoms with Crippen molar-refractivity contribution in [1.82, 2.24) is 9.88 Å². The van der Waals surface area contributed by atoms with E-state index in [-0.39, 0.29) is 0 Å². The van der Waals surface area contributed by atoms with Crippen LogP contribution in [-0.4, -0.2) is 48.6 Å². The third kappa shape index (κ3) is 3.21. The second kappa shape index (κ2) is 6.71. The number of nitrogens with zero attached hydrogens (tertiary/aromatic N) is 3. The Labute approximate surface area is 110 Å². The number of piperazine rings is 1. The van der Waals surface area contributed by atoms with Crippen molar-refractivity contribution in [2.24, 2.45) is 5.73 Å². The standard InChI is InChI=1S/C14H24N4/c1-2-13(6-7-15)17-9-11-18(12-10-17)14-5-3-4-8-16-14/h3-5,8,13H,2,6-7,9-12,15H2,1H3. The van der Waals surface area contributed by atoms with Gasteiger partial charge in [-0.25, -0.2) is 4.98 Å². The lowest BCUT2D eigenvalue weighted by Crippen LogP contribution is -2.50. The third-order valence-electron chi connectivity index (χ3n) is 3.78. The molecule has 1 fully saturated rings. The summed E-state index contributed by atoms with van der Waals surface area (Å²) < 4.78 is 0. The lowest BCUT2D eigenvalue weighted by atomic mass is 10.1. The van der Waals surface area contributed by atoms with Gasteiger partial charge in [0.15, 0.2) is 0 Å². The predicted molar refractivity (Wildman–Crippen MR) is 75.8 cm³/mol. The minimum atomic E-state index is 0.654. The van der Waals surface area contributed by atoms with Crippen LogP contribution < -0.4 is 10.6 Å². The van der Waals surface area contributed by atoms with E-state index in [1.54, 1.807) is 0 Å². The molecule has 18 heavy (non-hydrogen) atoms. The molecule has 2 heterocycles. The molecule has 1 aromatic heterocycles. The Morgan fingerprint density at radius 2 is 2.06 bits per heavy atom. The van der Waals surface area contributed by atoms with Gasteiger partial charge in [-0.3, -0.25) is 4.90 Å². The molecule has 0 bridgehead atoms. The van der Waals surface area contributed by atoms with Crippen molar-refractivity contribution in [3.8, 4) is 0 Å². The summed E-state index contributed by atoms with van der Waals surface area (Å²) in [6, 6.07) is 6.76. The molecule has 100 valence electrons. The van der Waals surface area contributed by atoms with Crippen LogP contribution in [0.1, 0.15) is 19.8 Å². The van der Waals surface area contributed by atoms with Crippen LogP contribution in [0.5, 0.6) is 0 Å². The summed E-state index contributed by atoms with van der Waals surface area (Å²) in [6.07, 6.45) is 4.17. The van der Waals surface area contributed by atoms with Gasteiger partial charge in [0.05, 0.1) is 0 Å². The topological polar surface area (TPSA) is 45.4 Å². The summed E-state index contributed by atoms with van der Waals surface area (Å²) in [4.78, 5) is 9.36. The van der Waals surface area contributed by atoms with Gasteiger partial charge in [0.25, 0.3) is 0 Å². The lowest BCUT2D eigenvalue weighted by Gasteiger charge is -2.39. The zero-order valence-corrected chi connectivity index (χ0v) is 11.3. The summed E-state index contributed by atoms with van der Waals surface area (Å²) >= 11 is 0. The maximum atomic E-state index is 5.68. The van der Waals surface area contributed by atoms with Gasteiger partial charge >= 0.3 is 0 Å². The minimum Gasteiger partial charge on any atom is -0.354 e. The second-order valence-electron chi connectivity index (χ2n) is 4.85. The Kier molecular flexibility index (Phi) is 4.96. The second-order valence-corrected chi connectivity index (χ2v) is 4.85. The monoisotopic (exact) mass is 248 g/mol. The Bertz CT molecular complexity index is 333. The molecule has 0 saturated carbocycles. The fourth-order valence-electron chi connectivity index (χ4n) is 2.69. The Balaban J connectivity index is 1.88. The number of aromatic nitrogens is 1. The number of nitrogens with two attached hydrogens (primary N) is 1. The minimum absolute atomic E-state index is 0.654. The van der Waals surface area contributed by atoms with Crippen LogP contribution >= 0.6 is 0 Å². The van der Waals surface area contributed by atoms with Crippen molar-refractivity contribution >= 4 is 5.82 Å². The van der Waals surface area contributed by atoms with E-state index >= 15 is 0 Å². The van der Waals surface area contributed by atoms with Crippen molar-refractivity contribution < 1.29 is 0 Å². The summed E-state index contributed by atoms with van der Waals surface area (Å²) in [5.41, 5.74) is 5.68. The van der Waals surface area contributed by atoms with Crippen molar-refractivity contribution in [3.05, 3.63) is 24.4 Å². The van der Waals surface area contributed by atoms with Crippen LogP contribution in [0.3, 0.4) is 0 Å². The van der Waals surface area contributed by atoms with Gasteiger partial charge in [-0.1, -0.05) is 13.0 Å². The van der Waals surface area contributed by atoms with Gasteiger partial charge < -0.3 is 10.6 Å². The van der Waals surface area contributed by atoms with Gasteiger partial charge in [-0.15, -0.1) is 0 Å². The number of hydrogen-bond acceptors (Lipinski definition) is 4. The zero-order valence-electron chi connectivity index (χ0n) is 11.3. The Morgan fingerprint density at radius 3 is 2.61 bits per heavy atom. The molecule has 0 spiro atoms. The maximum absolute atomic E-state index is 5.68. The zero-order chi connectivity index (χ0) is 12.8. The lowest BCUT2D eigenvalue weighted by molar-refractivity contribution is 0.173. The molecule has 0 aliphatic carbocycles.